The van der Waals surface area contributed by atoms with E-state index in [1.54, 1.807) is 0 Å². The molecule has 4 heteroatoms. The van der Waals surface area contributed by atoms with E-state index in [-0.39, 0.29) is 5.78 Å². The highest BCUT2D eigenvalue weighted by atomic mass is 16.5. The van der Waals surface area contributed by atoms with Crippen LogP contribution >= 0.6 is 0 Å². The van der Waals surface area contributed by atoms with Crippen molar-refractivity contribution in [2.24, 2.45) is 0 Å². The van der Waals surface area contributed by atoms with E-state index in [0.29, 0.717) is 13.0 Å². The number of ether oxygens (including phenoxy) is 2. The van der Waals surface area contributed by atoms with Crippen LogP contribution < -0.4 is 4.74 Å². The van der Waals surface area contributed by atoms with E-state index in [4.69, 9.17) is 9.47 Å². The topological polar surface area (TPSA) is 38.8 Å². The van der Waals surface area contributed by atoms with Gasteiger partial charge in [-0.2, -0.15) is 0 Å². The van der Waals surface area contributed by atoms with Gasteiger partial charge in [0.15, 0.2) is 5.78 Å². The Hall–Kier alpha value is -2.95. The zero-order chi connectivity index (χ0) is 23.1. The molecule has 1 saturated heterocycles. The molecule has 1 aliphatic rings. The number of aryl methyl sites for hydroxylation is 1. The van der Waals surface area contributed by atoms with Crippen LogP contribution in [-0.4, -0.2) is 50.1 Å². The van der Waals surface area contributed by atoms with E-state index in [0.717, 1.165) is 60.9 Å². The van der Waals surface area contributed by atoms with Crippen LogP contribution in [0.5, 0.6) is 5.75 Å². The Morgan fingerprint density at radius 2 is 1.55 bits per heavy atom. The van der Waals surface area contributed by atoms with E-state index < -0.39 is 5.41 Å². The fraction of sp³-hybridized carbons (Fsp3) is 0.345. The molecule has 4 nitrogen and oxygen atoms in total. The first-order chi connectivity index (χ1) is 16.1. The number of ketones is 1. The van der Waals surface area contributed by atoms with Crippen LogP contribution in [-0.2, 0) is 10.2 Å². The largest absolute Gasteiger partial charge is 0.492 e. The van der Waals surface area contributed by atoms with E-state index in [1.807, 2.05) is 61.5 Å². The number of benzene rings is 3. The highest BCUT2D eigenvalue weighted by Crippen LogP contribution is 2.36. The molecule has 0 amide bonds. The van der Waals surface area contributed by atoms with Crippen LogP contribution in [0.3, 0.4) is 0 Å². The Balaban J connectivity index is 1.46. The summed E-state index contributed by atoms with van der Waals surface area (Å²) in [6, 6.07) is 26.4. The van der Waals surface area contributed by atoms with Crippen molar-refractivity contribution < 1.29 is 14.3 Å². The van der Waals surface area contributed by atoms with Crippen LogP contribution in [0.25, 0.3) is 0 Å². The predicted octanol–water partition coefficient (Wildman–Crippen LogP) is 5.29. The number of rotatable bonds is 9. The average Bonchev–Trinajstić information content (AvgIpc) is 2.86. The molecule has 172 valence electrons. The minimum atomic E-state index is -0.402. The van der Waals surface area contributed by atoms with Crippen molar-refractivity contribution >= 4 is 5.78 Å². The summed E-state index contributed by atoms with van der Waals surface area (Å²) < 4.78 is 11.4. The molecule has 0 N–H and O–H groups in total. The molecule has 0 aliphatic carbocycles. The van der Waals surface area contributed by atoms with Gasteiger partial charge in [-0.15, -0.1) is 0 Å². The van der Waals surface area contributed by atoms with Crippen molar-refractivity contribution in [2.75, 3.05) is 39.5 Å². The molecule has 1 aliphatic heterocycles. The normalized spacial score (nSPS) is 14.7. The third-order valence-corrected chi connectivity index (χ3v) is 6.60. The summed E-state index contributed by atoms with van der Waals surface area (Å²) in [5, 5.41) is 0. The number of carbonyl (C=O) groups excluding carboxylic acids is 1. The molecule has 3 aromatic carbocycles. The maximum Gasteiger partial charge on any atom is 0.164 e. The van der Waals surface area contributed by atoms with Gasteiger partial charge >= 0.3 is 0 Å². The lowest BCUT2D eigenvalue weighted by molar-refractivity contribution is 0.0322. The number of nitrogens with zero attached hydrogens (tertiary/aromatic N) is 1. The summed E-state index contributed by atoms with van der Waals surface area (Å²) in [5.74, 6) is 0.974. The van der Waals surface area contributed by atoms with Gasteiger partial charge in [0, 0.05) is 37.0 Å². The second kappa shape index (κ2) is 10.8. The first-order valence-electron chi connectivity index (χ1n) is 11.7. The fourth-order valence-electron chi connectivity index (χ4n) is 4.50. The van der Waals surface area contributed by atoms with Gasteiger partial charge in [-0.1, -0.05) is 67.6 Å². The minimum Gasteiger partial charge on any atom is -0.492 e. The van der Waals surface area contributed by atoms with Gasteiger partial charge in [0.2, 0.25) is 0 Å². The Bertz CT molecular complexity index is 1000. The number of hydrogen-bond acceptors (Lipinski definition) is 4. The monoisotopic (exact) mass is 443 g/mol. The molecule has 0 atom stereocenters. The van der Waals surface area contributed by atoms with Gasteiger partial charge < -0.3 is 9.47 Å². The second-order valence-electron chi connectivity index (χ2n) is 8.95. The van der Waals surface area contributed by atoms with Gasteiger partial charge in [0.25, 0.3) is 0 Å². The fourth-order valence-corrected chi connectivity index (χ4v) is 4.50. The first kappa shape index (κ1) is 23.2. The lowest BCUT2D eigenvalue weighted by Gasteiger charge is -2.30. The summed E-state index contributed by atoms with van der Waals surface area (Å²) >= 11 is 0. The molecular weight excluding hydrogens is 410 g/mol. The second-order valence-corrected chi connectivity index (χ2v) is 8.95. The SMILES string of the molecule is Cc1cc(C(=O)CC(C)(c2ccccc2)c2ccccc2)ccc1OCCN1CCOCC1. The molecule has 0 radical (unpaired) electrons. The summed E-state index contributed by atoms with van der Waals surface area (Å²) in [4.78, 5) is 15.8. The zero-order valence-corrected chi connectivity index (χ0v) is 19.6. The van der Waals surface area contributed by atoms with Crippen LogP contribution in [0, 0.1) is 6.92 Å². The first-order valence-corrected chi connectivity index (χ1v) is 11.7. The maximum absolute atomic E-state index is 13.4. The number of carbonyl (C=O) groups is 1. The molecule has 0 saturated carbocycles. The van der Waals surface area contributed by atoms with Gasteiger partial charge in [0.1, 0.15) is 12.4 Å². The standard InChI is InChI=1S/C29H33NO3/c1-23-21-24(13-14-28(23)33-20-17-30-15-18-32-19-16-30)27(31)22-29(2,25-9-5-3-6-10-25)26-11-7-4-8-12-26/h3-14,21H,15-20,22H2,1-2H3. The molecule has 4 rings (SSSR count). The number of hydrogen-bond donors (Lipinski definition) is 0. The van der Waals surface area contributed by atoms with Gasteiger partial charge in [-0.05, 0) is 41.8 Å². The van der Waals surface area contributed by atoms with Crippen molar-refractivity contribution in [1.29, 1.82) is 0 Å². The predicted molar refractivity (Wildman–Crippen MR) is 132 cm³/mol. The highest BCUT2D eigenvalue weighted by molar-refractivity contribution is 5.97. The third-order valence-electron chi connectivity index (χ3n) is 6.60. The Morgan fingerprint density at radius 3 is 2.12 bits per heavy atom. The third kappa shape index (κ3) is 5.70. The van der Waals surface area contributed by atoms with Crippen molar-refractivity contribution in [3.8, 4) is 5.75 Å². The van der Waals surface area contributed by atoms with Crippen LogP contribution in [0.4, 0.5) is 0 Å². The Labute approximate surface area is 197 Å². The van der Waals surface area contributed by atoms with Crippen LogP contribution in [0.1, 0.15) is 40.4 Å². The Morgan fingerprint density at radius 1 is 0.939 bits per heavy atom. The summed E-state index contributed by atoms with van der Waals surface area (Å²) in [6.07, 6.45) is 0.400. The van der Waals surface area contributed by atoms with Gasteiger partial charge in [0.05, 0.1) is 13.2 Å². The smallest absolute Gasteiger partial charge is 0.164 e. The molecule has 3 aromatic rings. The summed E-state index contributed by atoms with van der Waals surface area (Å²) in [6.45, 7) is 9.18. The van der Waals surface area contributed by atoms with Crippen molar-refractivity contribution in [3.63, 3.8) is 0 Å². The zero-order valence-electron chi connectivity index (χ0n) is 19.6. The van der Waals surface area contributed by atoms with Crippen molar-refractivity contribution in [1.82, 2.24) is 4.90 Å². The molecule has 33 heavy (non-hydrogen) atoms. The number of morpholine rings is 1. The number of Topliss-reactive ketones (excluding diaryl/α,β-unsaturated/α-hetero) is 1. The molecule has 0 unspecified atom stereocenters. The molecule has 0 aromatic heterocycles. The van der Waals surface area contributed by atoms with Crippen molar-refractivity contribution in [2.45, 2.75) is 25.7 Å². The average molecular weight is 444 g/mol. The van der Waals surface area contributed by atoms with E-state index >= 15 is 0 Å². The van der Waals surface area contributed by atoms with E-state index in [9.17, 15) is 4.79 Å². The molecule has 0 bridgehead atoms. The van der Waals surface area contributed by atoms with E-state index in [2.05, 4.69) is 36.1 Å². The lowest BCUT2D eigenvalue weighted by atomic mass is 9.72. The molecule has 1 heterocycles. The molecule has 0 spiro atoms. The minimum absolute atomic E-state index is 0.133. The lowest BCUT2D eigenvalue weighted by Crippen LogP contribution is -2.38. The van der Waals surface area contributed by atoms with Crippen LogP contribution in [0.15, 0.2) is 78.9 Å². The van der Waals surface area contributed by atoms with Crippen LogP contribution in [0.2, 0.25) is 0 Å². The summed E-state index contributed by atoms with van der Waals surface area (Å²) in [7, 11) is 0. The molecule has 1 fully saturated rings. The van der Waals surface area contributed by atoms with Gasteiger partial charge in [-0.25, -0.2) is 0 Å². The van der Waals surface area contributed by atoms with Crippen molar-refractivity contribution in [3.05, 3.63) is 101 Å². The molecular formula is C29H33NO3. The van der Waals surface area contributed by atoms with E-state index in [1.165, 1.54) is 0 Å². The maximum atomic E-state index is 13.4. The highest BCUT2D eigenvalue weighted by Gasteiger charge is 2.32. The summed E-state index contributed by atoms with van der Waals surface area (Å²) in [5.41, 5.74) is 3.60. The quantitative estimate of drug-likeness (QED) is 0.422. The van der Waals surface area contributed by atoms with Gasteiger partial charge in [-0.3, -0.25) is 9.69 Å². The Kier molecular flexibility index (Phi) is 7.58.